The van der Waals surface area contributed by atoms with Crippen LogP contribution in [0, 0.1) is 5.92 Å². The van der Waals surface area contributed by atoms with Gasteiger partial charge >= 0.3 is 0 Å². The summed E-state index contributed by atoms with van der Waals surface area (Å²) in [6.45, 7) is 4.92. The molecule has 1 aromatic heterocycles. The quantitative estimate of drug-likeness (QED) is 0.611. The topological polar surface area (TPSA) is 126 Å². The van der Waals surface area contributed by atoms with E-state index in [9.17, 15) is 14.7 Å². The third kappa shape index (κ3) is 6.01. The molecule has 0 aliphatic carbocycles. The number of anilines is 1. The van der Waals surface area contributed by atoms with Crippen LogP contribution in [0.25, 0.3) is 0 Å². The van der Waals surface area contributed by atoms with Crippen molar-refractivity contribution in [1.29, 1.82) is 0 Å². The SMILES string of the molecule is C[C@H](CO)N1C[C@H](C)[C@@H](CN(C)C)Oc2ccc(NC(=O)Cn3cnnn3)cc2CC1=O. The molecule has 0 spiro atoms. The molecule has 3 atom stereocenters. The number of nitrogens with zero attached hydrogens (tertiary/aromatic N) is 6. The molecule has 1 aromatic carbocycles. The summed E-state index contributed by atoms with van der Waals surface area (Å²) in [5, 5.41) is 23.2. The van der Waals surface area contributed by atoms with Crippen LogP contribution in [0.15, 0.2) is 24.5 Å². The zero-order valence-corrected chi connectivity index (χ0v) is 18.9. The van der Waals surface area contributed by atoms with E-state index in [1.54, 1.807) is 23.1 Å². The molecule has 2 heterocycles. The number of tetrazole rings is 1. The van der Waals surface area contributed by atoms with Gasteiger partial charge in [0.25, 0.3) is 0 Å². The number of likely N-dealkylation sites (N-methyl/N-ethyl adjacent to an activating group) is 1. The molecule has 0 saturated heterocycles. The Hall–Kier alpha value is -3.05. The summed E-state index contributed by atoms with van der Waals surface area (Å²) in [6, 6.07) is 5.00. The van der Waals surface area contributed by atoms with Gasteiger partial charge in [-0.1, -0.05) is 6.92 Å². The van der Waals surface area contributed by atoms with Crippen LogP contribution >= 0.6 is 0 Å². The number of carbonyl (C=O) groups excluding carboxylic acids is 2. The number of aliphatic hydroxyl groups is 1. The molecule has 1 aliphatic heterocycles. The van der Waals surface area contributed by atoms with Gasteiger partial charge in [-0.15, -0.1) is 5.10 Å². The summed E-state index contributed by atoms with van der Waals surface area (Å²) < 4.78 is 7.69. The Kier molecular flexibility index (Phi) is 7.75. The fourth-order valence-electron chi connectivity index (χ4n) is 3.69. The van der Waals surface area contributed by atoms with Crippen LogP contribution in [0.3, 0.4) is 0 Å². The third-order valence-electron chi connectivity index (χ3n) is 5.44. The molecule has 0 unspecified atom stereocenters. The number of fused-ring (bicyclic) bond motifs is 1. The summed E-state index contributed by atoms with van der Waals surface area (Å²) in [4.78, 5) is 29.2. The van der Waals surface area contributed by atoms with Crippen molar-refractivity contribution in [2.75, 3.05) is 39.1 Å². The lowest BCUT2D eigenvalue weighted by atomic mass is 10.0. The van der Waals surface area contributed by atoms with Crippen LogP contribution in [0.4, 0.5) is 5.69 Å². The predicted molar refractivity (Wildman–Crippen MR) is 117 cm³/mol. The smallest absolute Gasteiger partial charge is 0.246 e. The number of amides is 2. The predicted octanol–water partition coefficient (Wildman–Crippen LogP) is 0.0224. The van der Waals surface area contributed by atoms with Crippen LogP contribution in [-0.4, -0.2) is 92.9 Å². The number of carbonyl (C=O) groups is 2. The second kappa shape index (κ2) is 10.5. The number of rotatable bonds is 7. The lowest BCUT2D eigenvalue weighted by molar-refractivity contribution is -0.134. The Balaban J connectivity index is 1.87. The first-order valence-corrected chi connectivity index (χ1v) is 10.6. The lowest BCUT2D eigenvalue weighted by Gasteiger charge is -2.33. The average molecular weight is 446 g/mol. The molecule has 11 nitrogen and oxygen atoms in total. The highest BCUT2D eigenvalue weighted by Crippen LogP contribution is 2.29. The molecule has 32 heavy (non-hydrogen) atoms. The minimum atomic E-state index is -0.300. The first-order valence-electron chi connectivity index (χ1n) is 10.6. The van der Waals surface area contributed by atoms with Crippen molar-refractivity contribution in [3.63, 3.8) is 0 Å². The molecule has 0 fully saturated rings. The van der Waals surface area contributed by atoms with Crippen molar-refractivity contribution >= 4 is 17.5 Å². The Morgan fingerprint density at radius 2 is 2.19 bits per heavy atom. The summed E-state index contributed by atoms with van der Waals surface area (Å²) >= 11 is 0. The van der Waals surface area contributed by atoms with Gasteiger partial charge in [-0.05, 0) is 49.6 Å². The normalized spacial score (nSPS) is 20.1. The fourth-order valence-corrected chi connectivity index (χ4v) is 3.69. The number of nitrogens with one attached hydrogen (secondary N) is 1. The highest BCUT2D eigenvalue weighted by molar-refractivity contribution is 5.91. The highest BCUT2D eigenvalue weighted by Gasteiger charge is 2.30. The van der Waals surface area contributed by atoms with E-state index < -0.39 is 0 Å². The van der Waals surface area contributed by atoms with Crippen LogP contribution in [-0.2, 0) is 22.6 Å². The zero-order valence-electron chi connectivity index (χ0n) is 18.9. The number of aliphatic hydroxyl groups excluding tert-OH is 1. The zero-order chi connectivity index (χ0) is 23.3. The van der Waals surface area contributed by atoms with E-state index in [2.05, 4.69) is 27.8 Å². The molecule has 2 N–H and O–H groups in total. The third-order valence-corrected chi connectivity index (χ3v) is 5.44. The standard InChI is InChI=1S/C21H31N7O4/c1-14-9-28(15(2)12-29)21(31)8-16-7-17(23-20(30)11-27-13-22-24-25-27)5-6-18(16)32-19(14)10-26(3)4/h5-7,13-15,19,29H,8-12H2,1-4H3,(H,23,30)/t14-,15+,19+/m0/s1. The van der Waals surface area contributed by atoms with E-state index in [-0.39, 0.29) is 49.5 Å². The van der Waals surface area contributed by atoms with E-state index in [1.165, 1.54) is 11.0 Å². The van der Waals surface area contributed by atoms with Gasteiger partial charge in [0.1, 0.15) is 24.7 Å². The van der Waals surface area contributed by atoms with E-state index in [0.717, 1.165) is 0 Å². The van der Waals surface area contributed by atoms with Gasteiger partial charge in [-0.25, -0.2) is 4.68 Å². The summed E-state index contributed by atoms with van der Waals surface area (Å²) in [7, 11) is 3.96. The van der Waals surface area contributed by atoms with Crippen molar-refractivity contribution in [3.8, 4) is 5.75 Å². The molecule has 1 aliphatic rings. The van der Waals surface area contributed by atoms with Crippen LogP contribution in [0.5, 0.6) is 5.75 Å². The molecule has 0 radical (unpaired) electrons. The first kappa shape index (κ1) is 23.6. The van der Waals surface area contributed by atoms with Crippen molar-refractivity contribution < 1.29 is 19.4 Å². The van der Waals surface area contributed by atoms with E-state index in [0.29, 0.717) is 30.1 Å². The maximum Gasteiger partial charge on any atom is 0.246 e. The first-order chi connectivity index (χ1) is 15.3. The van der Waals surface area contributed by atoms with Crippen molar-refractivity contribution in [2.24, 2.45) is 5.92 Å². The second-order valence-electron chi connectivity index (χ2n) is 8.53. The van der Waals surface area contributed by atoms with Crippen molar-refractivity contribution in [2.45, 2.75) is 39.0 Å². The molecule has 2 aromatic rings. The summed E-state index contributed by atoms with van der Waals surface area (Å²) in [5.74, 6) is 0.291. The Morgan fingerprint density at radius 3 is 2.84 bits per heavy atom. The van der Waals surface area contributed by atoms with Crippen molar-refractivity contribution in [3.05, 3.63) is 30.1 Å². The average Bonchev–Trinajstić information content (AvgIpc) is 3.25. The van der Waals surface area contributed by atoms with Gasteiger partial charge in [-0.2, -0.15) is 0 Å². The number of aromatic nitrogens is 4. The van der Waals surface area contributed by atoms with Gasteiger partial charge in [0, 0.05) is 30.3 Å². The summed E-state index contributed by atoms with van der Waals surface area (Å²) in [5.41, 5.74) is 1.24. The lowest BCUT2D eigenvalue weighted by Crippen LogP contribution is -2.47. The Morgan fingerprint density at radius 1 is 1.41 bits per heavy atom. The highest BCUT2D eigenvalue weighted by atomic mass is 16.5. The minimum Gasteiger partial charge on any atom is -0.488 e. The number of hydrogen-bond acceptors (Lipinski definition) is 8. The van der Waals surface area contributed by atoms with E-state index >= 15 is 0 Å². The molecular formula is C21H31N7O4. The monoisotopic (exact) mass is 445 g/mol. The molecular weight excluding hydrogens is 414 g/mol. The Bertz CT molecular complexity index is 919. The van der Waals surface area contributed by atoms with Crippen molar-refractivity contribution in [1.82, 2.24) is 30.0 Å². The van der Waals surface area contributed by atoms with Gasteiger partial charge in [0.15, 0.2) is 0 Å². The number of hydrogen-bond donors (Lipinski definition) is 2. The van der Waals surface area contributed by atoms with Gasteiger partial charge < -0.3 is 25.0 Å². The molecule has 0 bridgehead atoms. The number of benzene rings is 1. The summed E-state index contributed by atoms with van der Waals surface area (Å²) in [6.07, 6.45) is 1.32. The second-order valence-corrected chi connectivity index (χ2v) is 8.53. The van der Waals surface area contributed by atoms with Gasteiger partial charge in [0.05, 0.1) is 19.1 Å². The maximum atomic E-state index is 13.1. The fraction of sp³-hybridized carbons (Fsp3) is 0.571. The molecule has 0 saturated carbocycles. The molecule has 174 valence electrons. The van der Waals surface area contributed by atoms with Crippen LogP contribution < -0.4 is 10.1 Å². The minimum absolute atomic E-state index is 0.0241. The van der Waals surface area contributed by atoms with Crippen LogP contribution in [0.2, 0.25) is 0 Å². The number of ether oxygens (including phenoxy) is 1. The molecule has 3 rings (SSSR count). The molecule has 11 heteroatoms. The van der Waals surface area contributed by atoms with E-state index in [4.69, 9.17) is 4.74 Å². The maximum absolute atomic E-state index is 13.1. The Labute approximate surface area is 187 Å². The molecule has 2 amide bonds. The van der Waals surface area contributed by atoms with Gasteiger partial charge in [-0.3, -0.25) is 9.59 Å². The van der Waals surface area contributed by atoms with E-state index in [1.807, 2.05) is 25.9 Å². The van der Waals surface area contributed by atoms with Crippen LogP contribution in [0.1, 0.15) is 19.4 Å². The van der Waals surface area contributed by atoms with Gasteiger partial charge in [0.2, 0.25) is 11.8 Å². The largest absolute Gasteiger partial charge is 0.488 e.